The summed E-state index contributed by atoms with van der Waals surface area (Å²) in [5.74, 6) is 0.197. The standard InChI is InChI=1S/C23H31N3O3S/c1-8-9-26-18-12-19(29-7)15(10-16(18)14(2)13-23(26,3)4)11-17-20(27)24(5)22(30)25(6)21(17)28/h10-12,14H,8-9,13H2,1-7H3. The van der Waals surface area contributed by atoms with Crippen LogP contribution in [-0.4, -0.2) is 60.0 Å². The predicted molar refractivity (Wildman–Crippen MR) is 124 cm³/mol. The van der Waals surface area contributed by atoms with E-state index in [4.69, 9.17) is 17.0 Å². The molecule has 162 valence electrons. The number of amides is 2. The number of fused-ring (bicyclic) bond motifs is 1. The number of carbonyl (C=O) groups is 2. The summed E-state index contributed by atoms with van der Waals surface area (Å²) in [7, 11) is 4.78. The summed E-state index contributed by atoms with van der Waals surface area (Å²) in [5.41, 5.74) is 3.23. The minimum atomic E-state index is -0.398. The largest absolute Gasteiger partial charge is 0.496 e. The van der Waals surface area contributed by atoms with E-state index in [0.717, 1.165) is 30.6 Å². The van der Waals surface area contributed by atoms with Crippen molar-refractivity contribution in [1.29, 1.82) is 0 Å². The van der Waals surface area contributed by atoms with Crippen molar-refractivity contribution in [3.05, 3.63) is 28.8 Å². The second-order valence-corrected chi connectivity index (χ2v) is 9.16. The van der Waals surface area contributed by atoms with Crippen LogP contribution in [0.1, 0.15) is 57.6 Å². The Labute approximate surface area is 184 Å². The third-order valence-electron chi connectivity index (χ3n) is 6.13. The fourth-order valence-corrected chi connectivity index (χ4v) is 4.76. The number of rotatable bonds is 4. The van der Waals surface area contributed by atoms with Crippen LogP contribution in [0.25, 0.3) is 6.08 Å². The van der Waals surface area contributed by atoms with Crippen LogP contribution in [0.4, 0.5) is 5.69 Å². The molecule has 0 aliphatic carbocycles. The summed E-state index contributed by atoms with van der Waals surface area (Å²) in [5, 5.41) is 0.200. The zero-order valence-corrected chi connectivity index (χ0v) is 19.7. The fourth-order valence-electron chi connectivity index (χ4n) is 4.59. The molecule has 0 N–H and O–H groups in total. The molecule has 2 aliphatic heterocycles. The Kier molecular flexibility index (Phi) is 5.96. The Hall–Kier alpha value is -2.41. The molecule has 1 aromatic carbocycles. The van der Waals surface area contributed by atoms with E-state index >= 15 is 0 Å². The molecule has 2 amide bonds. The lowest BCUT2D eigenvalue weighted by Crippen LogP contribution is -2.52. The maximum Gasteiger partial charge on any atom is 0.265 e. The van der Waals surface area contributed by atoms with Gasteiger partial charge in [0.1, 0.15) is 11.3 Å². The van der Waals surface area contributed by atoms with Crippen molar-refractivity contribution >= 4 is 40.9 Å². The highest BCUT2D eigenvalue weighted by atomic mass is 32.1. The Balaban J connectivity index is 2.15. The average Bonchev–Trinajstić information content (AvgIpc) is 2.70. The van der Waals surface area contributed by atoms with Crippen LogP contribution in [-0.2, 0) is 9.59 Å². The number of nitrogens with zero attached hydrogens (tertiary/aromatic N) is 3. The van der Waals surface area contributed by atoms with Crippen molar-refractivity contribution < 1.29 is 14.3 Å². The van der Waals surface area contributed by atoms with Crippen molar-refractivity contribution in [2.75, 3.05) is 32.6 Å². The Morgan fingerprint density at radius 3 is 2.33 bits per heavy atom. The SMILES string of the molecule is CCCN1c2cc(OC)c(C=C3C(=O)N(C)C(=S)N(C)C3=O)cc2C(C)CC1(C)C. The third kappa shape index (κ3) is 3.60. The maximum absolute atomic E-state index is 12.7. The van der Waals surface area contributed by atoms with Gasteiger partial charge in [-0.2, -0.15) is 0 Å². The molecule has 2 heterocycles. The fraction of sp³-hybridized carbons (Fsp3) is 0.522. The lowest BCUT2D eigenvalue weighted by atomic mass is 9.79. The van der Waals surface area contributed by atoms with E-state index in [9.17, 15) is 9.59 Å². The van der Waals surface area contributed by atoms with Crippen LogP contribution < -0.4 is 9.64 Å². The zero-order valence-electron chi connectivity index (χ0n) is 18.9. The van der Waals surface area contributed by atoms with Gasteiger partial charge in [-0.3, -0.25) is 19.4 Å². The van der Waals surface area contributed by atoms with Crippen LogP contribution in [0.5, 0.6) is 5.75 Å². The summed E-state index contributed by atoms with van der Waals surface area (Å²) in [6.07, 6.45) is 3.71. The van der Waals surface area contributed by atoms with Gasteiger partial charge in [0.25, 0.3) is 11.8 Å². The number of thiocarbonyl (C=S) groups is 1. The first-order chi connectivity index (χ1) is 14.0. The first-order valence-corrected chi connectivity index (χ1v) is 10.8. The molecular weight excluding hydrogens is 398 g/mol. The molecule has 6 nitrogen and oxygen atoms in total. The number of benzene rings is 1. The van der Waals surface area contributed by atoms with E-state index < -0.39 is 11.8 Å². The van der Waals surface area contributed by atoms with E-state index in [0.29, 0.717) is 11.7 Å². The number of likely N-dealkylation sites (N-methyl/N-ethyl adjacent to an activating group) is 2. The summed E-state index contributed by atoms with van der Waals surface area (Å²) >= 11 is 5.18. The molecule has 0 saturated carbocycles. The van der Waals surface area contributed by atoms with Crippen molar-refractivity contribution in [2.24, 2.45) is 0 Å². The van der Waals surface area contributed by atoms with Crippen molar-refractivity contribution in [3.63, 3.8) is 0 Å². The molecule has 1 fully saturated rings. The molecule has 1 atom stereocenters. The summed E-state index contributed by atoms with van der Waals surface area (Å²) in [4.78, 5) is 30.6. The predicted octanol–water partition coefficient (Wildman–Crippen LogP) is 3.80. The van der Waals surface area contributed by atoms with Gasteiger partial charge < -0.3 is 9.64 Å². The lowest BCUT2D eigenvalue weighted by molar-refractivity contribution is -0.132. The van der Waals surface area contributed by atoms with Crippen molar-refractivity contribution in [2.45, 2.75) is 52.0 Å². The van der Waals surface area contributed by atoms with E-state index in [1.54, 1.807) is 27.3 Å². The van der Waals surface area contributed by atoms with E-state index in [1.165, 1.54) is 15.4 Å². The molecule has 0 spiro atoms. The van der Waals surface area contributed by atoms with Crippen LogP contribution >= 0.6 is 12.2 Å². The van der Waals surface area contributed by atoms with Gasteiger partial charge in [0.2, 0.25) is 0 Å². The first-order valence-electron chi connectivity index (χ1n) is 10.3. The molecule has 0 aromatic heterocycles. The number of hydrogen-bond acceptors (Lipinski definition) is 5. The molecule has 0 radical (unpaired) electrons. The summed E-state index contributed by atoms with van der Waals surface area (Å²) < 4.78 is 5.68. The summed E-state index contributed by atoms with van der Waals surface area (Å²) in [6, 6.07) is 4.11. The van der Waals surface area contributed by atoms with Crippen molar-refractivity contribution in [1.82, 2.24) is 9.80 Å². The van der Waals surface area contributed by atoms with Crippen LogP contribution in [0.3, 0.4) is 0 Å². The molecule has 30 heavy (non-hydrogen) atoms. The minimum absolute atomic E-state index is 0.0455. The Bertz CT molecular complexity index is 912. The third-order valence-corrected chi connectivity index (χ3v) is 6.68. The number of methoxy groups -OCH3 is 1. The number of ether oxygens (including phenoxy) is 1. The monoisotopic (exact) mass is 429 g/mol. The highest BCUT2D eigenvalue weighted by Gasteiger charge is 2.38. The van der Waals surface area contributed by atoms with Gasteiger partial charge in [0, 0.05) is 43.5 Å². The quantitative estimate of drug-likeness (QED) is 0.414. The number of anilines is 1. The molecule has 0 bridgehead atoms. The lowest BCUT2D eigenvalue weighted by Gasteiger charge is -2.48. The maximum atomic E-state index is 12.7. The van der Waals surface area contributed by atoms with E-state index in [1.807, 2.05) is 6.07 Å². The molecular formula is C23H31N3O3S. The summed E-state index contributed by atoms with van der Waals surface area (Å²) in [6.45, 7) is 9.92. The second kappa shape index (κ2) is 8.02. The highest BCUT2D eigenvalue weighted by molar-refractivity contribution is 7.80. The van der Waals surface area contributed by atoms with Crippen LogP contribution in [0, 0.1) is 0 Å². The van der Waals surface area contributed by atoms with Gasteiger partial charge in [-0.05, 0) is 62.5 Å². The van der Waals surface area contributed by atoms with Gasteiger partial charge in [0.15, 0.2) is 5.11 Å². The zero-order chi connectivity index (χ0) is 22.4. The van der Waals surface area contributed by atoms with Crippen molar-refractivity contribution in [3.8, 4) is 5.75 Å². The molecule has 2 aliphatic rings. The van der Waals surface area contributed by atoms with E-state index in [2.05, 4.69) is 38.7 Å². The molecule has 3 rings (SSSR count). The number of carbonyl (C=O) groups excluding carboxylic acids is 2. The second-order valence-electron chi connectivity index (χ2n) is 8.79. The molecule has 7 heteroatoms. The molecule has 1 unspecified atom stereocenters. The van der Waals surface area contributed by atoms with Gasteiger partial charge >= 0.3 is 0 Å². The highest BCUT2D eigenvalue weighted by Crippen LogP contribution is 2.46. The minimum Gasteiger partial charge on any atom is -0.496 e. The Morgan fingerprint density at radius 2 is 1.80 bits per heavy atom. The smallest absolute Gasteiger partial charge is 0.265 e. The van der Waals surface area contributed by atoms with Gasteiger partial charge in [0.05, 0.1) is 7.11 Å². The van der Waals surface area contributed by atoms with Gasteiger partial charge in [-0.1, -0.05) is 13.8 Å². The normalized spacial score (nSPS) is 21.2. The molecule has 1 aromatic rings. The number of hydrogen-bond donors (Lipinski definition) is 0. The van der Waals surface area contributed by atoms with Gasteiger partial charge in [-0.25, -0.2) is 0 Å². The van der Waals surface area contributed by atoms with Crippen LogP contribution in [0.15, 0.2) is 17.7 Å². The van der Waals surface area contributed by atoms with Gasteiger partial charge in [-0.15, -0.1) is 0 Å². The topological polar surface area (TPSA) is 53.1 Å². The van der Waals surface area contributed by atoms with E-state index in [-0.39, 0.29) is 16.2 Å². The first kappa shape index (κ1) is 22.3. The molecule has 1 saturated heterocycles. The Morgan fingerprint density at radius 1 is 1.20 bits per heavy atom. The van der Waals surface area contributed by atoms with Crippen LogP contribution in [0.2, 0.25) is 0 Å². The average molecular weight is 430 g/mol.